The van der Waals surface area contributed by atoms with Gasteiger partial charge in [0.05, 0.1) is 37.7 Å². The van der Waals surface area contributed by atoms with Crippen molar-refractivity contribution >= 4 is 23.6 Å². The van der Waals surface area contributed by atoms with Gasteiger partial charge in [0.25, 0.3) is 0 Å². The quantitative estimate of drug-likeness (QED) is 0.768. The molecule has 0 bridgehead atoms. The van der Waals surface area contributed by atoms with Gasteiger partial charge in [0.15, 0.2) is 0 Å². The van der Waals surface area contributed by atoms with Gasteiger partial charge in [0.1, 0.15) is 12.4 Å². The summed E-state index contributed by atoms with van der Waals surface area (Å²) in [5, 5.41) is 9.72. The van der Waals surface area contributed by atoms with Crippen molar-refractivity contribution in [3.63, 3.8) is 0 Å². The maximum absolute atomic E-state index is 12.5. The second-order valence-electron chi connectivity index (χ2n) is 6.09. The van der Waals surface area contributed by atoms with E-state index in [1.54, 1.807) is 36.4 Å². The molecular formula is C21H19NO7. The Morgan fingerprint density at radius 3 is 2.28 bits per heavy atom. The summed E-state index contributed by atoms with van der Waals surface area (Å²) in [6.07, 6.45) is 0. The van der Waals surface area contributed by atoms with Crippen LogP contribution in [0.15, 0.2) is 59.8 Å². The van der Waals surface area contributed by atoms with Gasteiger partial charge in [0, 0.05) is 5.56 Å². The highest BCUT2D eigenvalue weighted by Crippen LogP contribution is 2.37. The fourth-order valence-electron chi connectivity index (χ4n) is 3.19. The van der Waals surface area contributed by atoms with Crippen LogP contribution in [0.2, 0.25) is 0 Å². The minimum absolute atomic E-state index is 0.00894. The van der Waals surface area contributed by atoms with Crippen molar-refractivity contribution in [2.24, 2.45) is 0 Å². The number of hydrogen-bond acceptors (Lipinski definition) is 7. The topological polar surface area (TPSA) is 102 Å². The minimum atomic E-state index is -1.12. The SMILES string of the molecule is COC(=O)C1=C(C(=O)OC)N(c2cccc(C(=O)O)c2-c2ccccc2)COC1. The van der Waals surface area contributed by atoms with Gasteiger partial charge >= 0.3 is 17.9 Å². The summed E-state index contributed by atoms with van der Waals surface area (Å²) in [5.74, 6) is -2.61. The number of carbonyl (C=O) groups is 3. The van der Waals surface area contributed by atoms with Gasteiger partial charge in [-0.25, -0.2) is 14.4 Å². The molecular weight excluding hydrogens is 378 g/mol. The third-order valence-electron chi connectivity index (χ3n) is 4.46. The number of ether oxygens (including phenoxy) is 3. The zero-order valence-corrected chi connectivity index (χ0v) is 15.9. The molecule has 0 aliphatic carbocycles. The van der Waals surface area contributed by atoms with Crippen molar-refractivity contribution in [1.29, 1.82) is 0 Å². The number of rotatable bonds is 5. The average molecular weight is 397 g/mol. The van der Waals surface area contributed by atoms with Crippen molar-refractivity contribution < 1.29 is 33.7 Å². The Balaban J connectivity index is 2.29. The Hall–Kier alpha value is -3.65. The van der Waals surface area contributed by atoms with E-state index in [1.807, 2.05) is 6.07 Å². The number of esters is 2. The number of methoxy groups -OCH3 is 2. The summed E-state index contributed by atoms with van der Waals surface area (Å²) >= 11 is 0. The highest BCUT2D eigenvalue weighted by atomic mass is 16.5. The first-order valence-electron chi connectivity index (χ1n) is 8.66. The predicted octanol–water partition coefficient (Wildman–Crippen LogP) is 2.45. The molecule has 0 aromatic heterocycles. The highest BCUT2D eigenvalue weighted by Gasteiger charge is 2.34. The van der Waals surface area contributed by atoms with Crippen molar-refractivity contribution in [3.05, 3.63) is 65.4 Å². The molecule has 0 saturated carbocycles. The number of aromatic carboxylic acids is 1. The minimum Gasteiger partial charge on any atom is -0.478 e. The second kappa shape index (κ2) is 8.57. The van der Waals surface area contributed by atoms with E-state index in [0.29, 0.717) is 16.8 Å². The van der Waals surface area contributed by atoms with E-state index in [0.717, 1.165) is 0 Å². The first-order chi connectivity index (χ1) is 14.0. The molecule has 0 saturated heterocycles. The maximum atomic E-state index is 12.5. The van der Waals surface area contributed by atoms with Crippen LogP contribution in [0.3, 0.4) is 0 Å². The van der Waals surface area contributed by atoms with Crippen molar-refractivity contribution in [3.8, 4) is 11.1 Å². The van der Waals surface area contributed by atoms with Crippen LogP contribution in [0.5, 0.6) is 0 Å². The Morgan fingerprint density at radius 1 is 0.966 bits per heavy atom. The Bertz CT molecular complexity index is 982. The van der Waals surface area contributed by atoms with Gasteiger partial charge in [-0.2, -0.15) is 0 Å². The van der Waals surface area contributed by atoms with Gasteiger partial charge in [-0.05, 0) is 17.7 Å². The lowest BCUT2D eigenvalue weighted by molar-refractivity contribution is -0.140. The molecule has 29 heavy (non-hydrogen) atoms. The number of carboxylic acid groups (broad SMARTS) is 1. The molecule has 1 aliphatic rings. The summed E-state index contributed by atoms with van der Waals surface area (Å²) < 4.78 is 15.1. The molecule has 8 nitrogen and oxygen atoms in total. The van der Waals surface area contributed by atoms with Crippen LogP contribution in [-0.2, 0) is 23.8 Å². The third-order valence-corrected chi connectivity index (χ3v) is 4.46. The molecule has 1 heterocycles. The zero-order valence-electron chi connectivity index (χ0n) is 15.9. The van der Waals surface area contributed by atoms with Crippen LogP contribution >= 0.6 is 0 Å². The lowest BCUT2D eigenvalue weighted by Gasteiger charge is -2.33. The van der Waals surface area contributed by atoms with E-state index in [4.69, 9.17) is 14.2 Å². The molecule has 0 radical (unpaired) electrons. The number of carbonyl (C=O) groups excluding carboxylic acids is 2. The molecule has 0 fully saturated rings. The largest absolute Gasteiger partial charge is 0.478 e. The number of nitrogens with zero attached hydrogens (tertiary/aromatic N) is 1. The number of anilines is 1. The van der Waals surface area contributed by atoms with E-state index in [2.05, 4.69) is 0 Å². The third kappa shape index (κ3) is 3.83. The van der Waals surface area contributed by atoms with Crippen LogP contribution in [-0.4, -0.2) is 50.6 Å². The van der Waals surface area contributed by atoms with E-state index in [1.165, 1.54) is 25.2 Å². The molecule has 2 aromatic rings. The molecule has 0 unspecified atom stereocenters. The molecule has 2 aromatic carbocycles. The lowest BCUT2D eigenvalue weighted by Crippen LogP contribution is -2.39. The monoisotopic (exact) mass is 397 g/mol. The molecule has 0 amide bonds. The first-order valence-corrected chi connectivity index (χ1v) is 8.66. The maximum Gasteiger partial charge on any atom is 0.355 e. The Kier molecular flexibility index (Phi) is 5.94. The molecule has 150 valence electrons. The normalized spacial score (nSPS) is 13.8. The summed E-state index contributed by atoms with van der Waals surface area (Å²) in [6, 6.07) is 13.6. The Morgan fingerprint density at radius 2 is 1.66 bits per heavy atom. The van der Waals surface area contributed by atoms with Gasteiger partial charge in [-0.3, -0.25) is 0 Å². The van der Waals surface area contributed by atoms with Gasteiger partial charge in [0.2, 0.25) is 0 Å². The zero-order chi connectivity index (χ0) is 21.0. The van der Waals surface area contributed by atoms with Crippen molar-refractivity contribution in [2.45, 2.75) is 0 Å². The lowest BCUT2D eigenvalue weighted by atomic mass is 9.96. The number of benzene rings is 2. The average Bonchev–Trinajstić information content (AvgIpc) is 2.77. The van der Waals surface area contributed by atoms with Crippen LogP contribution in [0.1, 0.15) is 10.4 Å². The second-order valence-corrected chi connectivity index (χ2v) is 6.09. The standard InChI is InChI=1S/C21H19NO7/c1-27-20(25)15-11-29-12-22(18(15)21(26)28-2)16-10-6-9-14(19(23)24)17(16)13-7-4-3-5-8-13/h3-10H,11-12H2,1-2H3,(H,23,24). The molecule has 1 aliphatic heterocycles. The number of carboxylic acids is 1. The van der Waals surface area contributed by atoms with Gasteiger partial charge in [-0.15, -0.1) is 0 Å². The van der Waals surface area contributed by atoms with E-state index < -0.39 is 17.9 Å². The van der Waals surface area contributed by atoms with E-state index in [9.17, 15) is 19.5 Å². The summed E-state index contributed by atoms with van der Waals surface area (Å²) in [7, 11) is 2.40. The van der Waals surface area contributed by atoms with Crippen LogP contribution < -0.4 is 4.90 Å². The summed E-state index contributed by atoms with van der Waals surface area (Å²) in [6.45, 7) is -0.208. The van der Waals surface area contributed by atoms with Crippen LogP contribution in [0.4, 0.5) is 5.69 Å². The molecule has 3 rings (SSSR count). The molecule has 8 heteroatoms. The van der Waals surface area contributed by atoms with Crippen molar-refractivity contribution in [1.82, 2.24) is 0 Å². The predicted molar refractivity (Wildman–Crippen MR) is 103 cm³/mol. The van der Waals surface area contributed by atoms with Gasteiger partial charge < -0.3 is 24.2 Å². The first kappa shape index (κ1) is 20.1. The van der Waals surface area contributed by atoms with Crippen LogP contribution in [0, 0.1) is 0 Å². The summed E-state index contributed by atoms with van der Waals surface area (Å²) in [5.41, 5.74) is 1.39. The fraction of sp³-hybridized carbons (Fsp3) is 0.190. The van der Waals surface area contributed by atoms with E-state index >= 15 is 0 Å². The smallest absolute Gasteiger partial charge is 0.355 e. The number of hydrogen-bond donors (Lipinski definition) is 1. The molecule has 0 spiro atoms. The molecule has 0 atom stereocenters. The van der Waals surface area contributed by atoms with Crippen LogP contribution in [0.25, 0.3) is 11.1 Å². The van der Waals surface area contributed by atoms with E-state index in [-0.39, 0.29) is 30.2 Å². The Labute approximate surface area is 166 Å². The summed E-state index contributed by atoms with van der Waals surface area (Å²) in [4.78, 5) is 38.1. The highest BCUT2D eigenvalue weighted by molar-refractivity contribution is 6.06. The fourth-order valence-corrected chi connectivity index (χ4v) is 3.19. The molecule has 1 N–H and O–H groups in total. The van der Waals surface area contributed by atoms with Crippen molar-refractivity contribution in [2.75, 3.05) is 32.5 Å². The van der Waals surface area contributed by atoms with Gasteiger partial charge in [-0.1, -0.05) is 36.4 Å².